The lowest BCUT2D eigenvalue weighted by Gasteiger charge is -2.65. The molecule has 1 aliphatic carbocycles. The minimum atomic E-state index is -1.01. The van der Waals surface area contributed by atoms with Crippen LogP contribution in [0.5, 0.6) is 0 Å². The summed E-state index contributed by atoms with van der Waals surface area (Å²) in [6.07, 6.45) is 1.75. The van der Waals surface area contributed by atoms with Crippen molar-refractivity contribution in [2.75, 3.05) is 6.61 Å². The average molecular weight is 333 g/mol. The maximum absolute atomic E-state index is 12.8. The monoisotopic (exact) mass is 333 g/mol. The molecule has 1 aliphatic heterocycles. The minimum absolute atomic E-state index is 0.00406. The van der Waals surface area contributed by atoms with Crippen LogP contribution < -0.4 is 11.1 Å². The van der Waals surface area contributed by atoms with Crippen LogP contribution in [-0.4, -0.2) is 29.1 Å². The first-order valence-electron chi connectivity index (χ1n) is 8.21. The standard InChI is InChI=1S/C17H23N3O4/c1-16(2)14-12(7-5-9-24-14)17(16,18)15(21)19-10-11-6-3-4-8-13(11)20(22)23/h3-4,6,8,12,14H,5,7,9-10,18H2,1-2H3,(H,19,21). The highest BCUT2D eigenvalue weighted by Crippen LogP contribution is 2.57. The zero-order valence-corrected chi connectivity index (χ0v) is 14.0. The van der Waals surface area contributed by atoms with Gasteiger partial charge < -0.3 is 15.8 Å². The summed E-state index contributed by atoms with van der Waals surface area (Å²) in [6.45, 7) is 4.69. The smallest absolute Gasteiger partial charge is 0.274 e. The Balaban J connectivity index is 1.75. The van der Waals surface area contributed by atoms with Crippen molar-refractivity contribution in [2.24, 2.45) is 17.1 Å². The molecule has 0 aromatic heterocycles. The second-order valence-corrected chi connectivity index (χ2v) is 7.20. The molecule has 0 radical (unpaired) electrons. The molecule has 1 aromatic rings. The van der Waals surface area contributed by atoms with E-state index in [0.717, 1.165) is 12.8 Å². The summed E-state index contributed by atoms with van der Waals surface area (Å²) < 4.78 is 5.80. The highest BCUT2D eigenvalue weighted by molar-refractivity contribution is 5.89. The van der Waals surface area contributed by atoms with Crippen LogP contribution >= 0.6 is 0 Å². The fraction of sp³-hybridized carbons (Fsp3) is 0.588. The van der Waals surface area contributed by atoms with Crippen molar-refractivity contribution in [3.63, 3.8) is 0 Å². The van der Waals surface area contributed by atoms with Gasteiger partial charge in [0, 0.05) is 36.1 Å². The molecule has 1 aromatic carbocycles. The lowest BCUT2D eigenvalue weighted by Crippen LogP contribution is -2.82. The van der Waals surface area contributed by atoms with Gasteiger partial charge in [-0.3, -0.25) is 14.9 Å². The zero-order valence-electron chi connectivity index (χ0n) is 14.0. The third-order valence-corrected chi connectivity index (χ3v) is 5.69. The van der Waals surface area contributed by atoms with Gasteiger partial charge in [-0.2, -0.15) is 0 Å². The molecule has 3 unspecified atom stereocenters. The van der Waals surface area contributed by atoms with Crippen LogP contribution in [0.1, 0.15) is 32.3 Å². The maximum Gasteiger partial charge on any atom is 0.274 e. The van der Waals surface area contributed by atoms with Crippen molar-refractivity contribution in [3.05, 3.63) is 39.9 Å². The number of amides is 1. The van der Waals surface area contributed by atoms with Gasteiger partial charge >= 0.3 is 0 Å². The van der Waals surface area contributed by atoms with Crippen molar-refractivity contribution in [1.29, 1.82) is 0 Å². The predicted molar refractivity (Wildman–Crippen MR) is 88.1 cm³/mol. The Bertz CT molecular complexity index is 676. The lowest BCUT2D eigenvalue weighted by atomic mass is 9.46. The first-order chi connectivity index (χ1) is 11.3. The molecule has 2 aliphatic rings. The first-order valence-corrected chi connectivity index (χ1v) is 8.21. The van der Waals surface area contributed by atoms with E-state index >= 15 is 0 Å². The molecule has 1 saturated carbocycles. The summed E-state index contributed by atoms with van der Waals surface area (Å²) in [7, 11) is 0. The van der Waals surface area contributed by atoms with Gasteiger partial charge in [0.1, 0.15) is 5.54 Å². The van der Waals surface area contributed by atoms with E-state index in [2.05, 4.69) is 5.32 Å². The van der Waals surface area contributed by atoms with Crippen LogP contribution in [0.2, 0.25) is 0 Å². The second kappa shape index (κ2) is 5.82. The molecule has 7 nitrogen and oxygen atoms in total. The highest BCUT2D eigenvalue weighted by atomic mass is 16.6. The number of nitro benzene ring substituents is 1. The van der Waals surface area contributed by atoms with Gasteiger partial charge in [0.15, 0.2) is 0 Å². The summed E-state index contributed by atoms with van der Waals surface area (Å²) in [4.78, 5) is 23.4. The molecule has 3 atom stereocenters. The number of fused-ring (bicyclic) bond motifs is 1. The number of ether oxygens (including phenoxy) is 1. The molecule has 24 heavy (non-hydrogen) atoms. The highest BCUT2D eigenvalue weighted by Gasteiger charge is 2.70. The van der Waals surface area contributed by atoms with E-state index in [1.54, 1.807) is 18.2 Å². The number of nitro groups is 1. The Morgan fingerprint density at radius 1 is 1.46 bits per heavy atom. The molecular weight excluding hydrogens is 310 g/mol. The van der Waals surface area contributed by atoms with Gasteiger partial charge in [-0.05, 0) is 12.8 Å². The number of para-hydroxylation sites is 1. The number of hydrogen-bond acceptors (Lipinski definition) is 5. The van der Waals surface area contributed by atoms with Crippen molar-refractivity contribution in [2.45, 2.75) is 44.9 Å². The van der Waals surface area contributed by atoms with Crippen molar-refractivity contribution in [1.82, 2.24) is 5.32 Å². The number of carbonyl (C=O) groups excluding carboxylic acids is 1. The quantitative estimate of drug-likeness (QED) is 0.644. The topological polar surface area (TPSA) is 107 Å². The molecular formula is C17H23N3O4. The van der Waals surface area contributed by atoms with Crippen LogP contribution in [0.4, 0.5) is 5.69 Å². The third kappa shape index (κ3) is 2.31. The molecule has 7 heteroatoms. The molecule has 1 heterocycles. The Kier molecular flexibility index (Phi) is 4.09. The molecule has 130 valence electrons. The van der Waals surface area contributed by atoms with Crippen LogP contribution in [0.25, 0.3) is 0 Å². The van der Waals surface area contributed by atoms with E-state index in [0.29, 0.717) is 12.2 Å². The molecule has 1 saturated heterocycles. The predicted octanol–water partition coefficient (Wildman–Crippen LogP) is 1.74. The van der Waals surface area contributed by atoms with E-state index in [1.807, 2.05) is 13.8 Å². The number of nitrogens with one attached hydrogen (secondary N) is 1. The van der Waals surface area contributed by atoms with Crippen molar-refractivity contribution in [3.8, 4) is 0 Å². The van der Waals surface area contributed by atoms with Crippen LogP contribution in [0, 0.1) is 21.4 Å². The third-order valence-electron chi connectivity index (χ3n) is 5.69. The zero-order chi connectivity index (χ0) is 17.5. The number of hydrogen-bond donors (Lipinski definition) is 2. The van der Waals surface area contributed by atoms with Gasteiger partial charge in [-0.25, -0.2) is 0 Å². The van der Waals surface area contributed by atoms with E-state index in [1.165, 1.54) is 6.07 Å². The van der Waals surface area contributed by atoms with Crippen molar-refractivity contribution < 1.29 is 14.5 Å². The fourth-order valence-electron chi connectivity index (χ4n) is 4.20. The van der Waals surface area contributed by atoms with Crippen LogP contribution in [0.3, 0.4) is 0 Å². The van der Waals surface area contributed by atoms with Gasteiger partial charge in [0.25, 0.3) is 5.69 Å². The molecule has 2 fully saturated rings. The van der Waals surface area contributed by atoms with Crippen molar-refractivity contribution >= 4 is 11.6 Å². The van der Waals surface area contributed by atoms with Gasteiger partial charge in [-0.15, -0.1) is 0 Å². The summed E-state index contributed by atoms with van der Waals surface area (Å²) in [5.74, 6) is -0.274. The van der Waals surface area contributed by atoms with Gasteiger partial charge in [0.2, 0.25) is 5.91 Å². The van der Waals surface area contributed by atoms with E-state index in [4.69, 9.17) is 10.5 Å². The Morgan fingerprint density at radius 2 is 2.17 bits per heavy atom. The number of nitrogens with two attached hydrogens (primary N) is 1. The van der Waals surface area contributed by atoms with E-state index < -0.39 is 15.9 Å². The molecule has 1 amide bonds. The lowest BCUT2D eigenvalue weighted by molar-refractivity contribution is -0.385. The molecule has 0 spiro atoms. The summed E-state index contributed by atoms with van der Waals surface area (Å²) in [6, 6.07) is 6.38. The number of nitrogens with zero attached hydrogens (tertiary/aromatic N) is 1. The van der Waals surface area contributed by atoms with Gasteiger partial charge in [-0.1, -0.05) is 32.0 Å². The van der Waals surface area contributed by atoms with Gasteiger partial charge in [0.05, 0.1) is 11.0 Å². The molecule has 3 rings (SSSR count). The first kappa shape index (κ1) is 16.9. The normalized spacial score (nSPS) is 30.8. The summed E-state index contributed by atoms with van der Waals surface area (Å²) in [5, 5.41) is 13.9. The Hall–Kier alpha value is -1.99. The van der Waals surface area contributed by atoms with E-state index in [-0.39, 0.29) is 30.2 Å². The van der Waals surface area contributed by atoms with Crippen LogP contribution in [-0.2, 0) is 16.1 Å². The largest absolute Gasteiger partial charge is 0.377 e. The van der Waals surface area contributed by atoms with E-state index in [9.17, 15) is 14.9 Å². The molecule has 0 bridgehead atoms. The van der Waals surface area contributed by atoms with Crippen LogP contribution in [0.15, 0.2) is 24.3 Å². The maximum atomic E-state index is 12.8. The number of carbonyl (C=O) groups is 1. The fourth-order valence-corrected chi connectivity index (χ4v) is 4.20. The summed E-state index contributed by atoms with van der Waals surface area (Å²) in [5.41, 5.74) is 5.50. The average Bonchev–Trinajstić information content (AvgIpc) is 2.59. The minimum Gasteiger partial charge on any atom is -0.377 e. The Labute approximate surface area is 140 Å². The molecule has 3 N–H and O–H groups in total. The summed E-state index contributed by atoms with van der Waals surface area (Å²) >= 11 is 0. The Morgan fingerprint density at radius 3 is 2.88 bits per heavy atom. The SMILES string of the molecule is CC1(C)C2OCCCC2C1(N)C(=O)NCc1ccccc1[N+](=O)[O-]. The number of benzene rings is 1. The second-order valence-electron chi connectivity index (χ2n) is 7.20. The number of rotatable bonds is 4.